The van der Waals surface area contributed by atoms with Crippen molar-refractivity contribution >= 4 is 40.5 Å². The van der Waals surface area contributed by atoms with Gasteiger partial charge in [0.15, 0.2) is 0 Å². The van der Waals surface area contributed by atoms with E-state index in [9.17, 15) is 24.3 Å². The summed E-state index contributed by atoms with van der Waals surface area (Å²) in [7, 11) is 0. The van der Waals surface area contributed by atoms with Crippen LogP contribution in [0.1, 0.15) is 28.9 Å². The number of anilines is 2. The topological polar surface area (TPSA) is 194 Å². The van der Waals surface area contributed by atoms with Gasteiger partial charge in [-0.1, -0.05) is 5.92 Å². The molecule has 0 unspecified atom stereocenters. The highest BCUT2D eigenvalue weighted by Gasteiger charge is 2.22. The fraction of sp³-hybridized carbons (Fsp3) is 0.227. The van der Waals surface area contributed by atoms with Gasteiger partial charge in [-0.15, -0.1) is 6.42 Å². The molecule has 0 aliphatic heterocycles. The number of nitrogens with zero attached hydrogens (tertiary/aromatic N) is 2. The molecule has 176 valence electrons. The summed E-state index contributed by atoms with van der Waals surface area (Å²) >= 11 is 0. The van der Waals surface area contributed by atoms with Crippen LogP contribution in [-0.2, 0) is 16.1 Å². The van der Waals surface area contributed by atoms with Gasteiger partial charge in [-0.25, -0.2) is 9.78 Å². The van der Waals surface area contributed by atoms with Crippen LogP contribution in [0, 0.1) is 12.3 Å². The molecule has 34 heavy (non-hydrogen) atoms. The van der Waals surface area contributed by atoms with Gasteiger partial charge in [0.25, 0.3) is 11.5 Å². The minimum atomic E-state index is -1.32. The lowest BCUT2D eigenvalue weighted by atomic mass is 10.1. The molecule has 0 bridgehead atoms. The van der Waals surface area contributed by atoms with Crippen molar-refractivity contribution in [3.8, 4) is 12.3 Å². The lowest BCUT2D eigenvalue weighted by molar-refractivity contribution is -0.140. The second-order valence-corrected chi connectivity index (χ2v) is 7.41. The van der Waals surface area contributed by atoms with Crippen molar-refractivity contribution in [1.82, 2.24) is 20.3 Å². The first kappa shape index (κ1) is 23.9. The number of terminal acetylenes is 1. The van der Waals surface area contributed by atoms with E-state index >= 15 is 0 Å². The summed E-state index contributed by atoms with van der Waals surface area (Å²) in [5.74, 6) is -0.561. The largest absolute Gasteiger partial charge is 0.481 e. The Morgan fingerprint density at radius 1 is 1.21 bits per heavy atom. The molecule has 0 spiro atoms. The first-order valence-corrected chi connectivity index (χ1v) is 10.1. The number of aromatic amines is 2. The molecule has 12 nitrogen and oxygen atoms in total. The molecule has 1 aromatic carbocycles. The highest BCUT2D eigenvalue weighted by molar-refractivity contribution is 5.97. The maximum absolute atomic E-state index is 12.4. The second kappa shape index (κ2) is 10.2. The number of nitrogens with two attached hydrogens (primary N) is 1. The lowest BCUT2D eigenvalue weighted by Crippen LogP contribution is -2.41. The Hall–Kier alpha value is -4.79. The third-order valence-corrected chi connectivity index (χ3v) is 4.95. The van der Waals surface area contributed by atoms with E-state index in [1.165, 1.54) is 12.1 Å². The van der Waals surface area contributed by atoms with Crippen molar-refractivity contribution < 1.29 is 24.6 Å². The van der Waals surface area contributed by atoms with Crippen molar-refractivity contribution in [3.05, 3.63) is 51.9 Å². The van der Waals surface area contributed by atoms with Crippen molar-refractivity contribution in [2.45, 2.75) is 25.4 Å². The fourth-order valence-electron chi connectivity index (χ4n) is 3.33. The molecular formula is C22H22N6O6. The van der Waals surface area contributed by atoms with Crippen LogP contribution >= 0.6 is 0 Å². The van der Waals surface area contributed by atoms with Gasteiger partial charge < -0.3 is 31.1 Å². The predicted octanol–water partition coefficient (Wildman–Crippen LogP) is 0.521. The fourth-order valence-corrected chi connectivity index (χ4v) is 3.33. The number of benzene rings is 1. The maximum atomic E-state index is 12.4. The number of hydrogen-bond donors (Lipinski definition) is 6. The van der Waals surface area contributed by atoms with E-state index in [1.54, 1.807) is 18.2 Å². The third-order valence-electron chi connectivity index (χ3n) is 4.95. The Kier molecular flexibility index (Phi) is 7.17. The zero-order valence-corrected chi connectivity index (χ0v) is 17.9. The average molecular weight is 466 g/mol. The van der Waals surface area contributed by atoms with Gasteiger partial charge in [0.2, 0.25) is 5.95 Å². The summed E-state index contributed by atoms with van der Waals surface area (Å²) in [4.78, 5) is 57.8. The molecule has 0 aliphatic rings. The highest BCUT2D eigenvalue weighted by Crippen LogP contribution is 2.19. The smallest absolute Gasteiger partial charge is 0.326 e. The zero-order valence-electron chi connectivity index (χ0n) is 17.9. The number of nitrogen functional groups attached to an aromatic ring is 1. The van der Waals surface area contributed by atoms with E-state index in [1.807, 2.05) is 4.90 Å². The number of fused-ring (bicyclic) bond motifs is 1. The van der Waals surface area contributed by atoms with E-state index < -0.39 is 29.4 Å². The summed E-state index contributed by atoms with van der Waals surface area (Å²) in [5, 5.41) is 20.3. The van der Waals surface area contributed by atoms with E-state index in [2.05, 4.69) is 26.2 Å². The SMILES string of the molecule is C#CCN(Cc1cc2nc(N)[nH]c(=O)c2[nH]1)c1ccc(C(=O)N[C@@H](CCC(=O)O)C(=O)O)cc1. The number of carbonyl (C=O) groups is 3. The molecule has 0 fully saturated rings. The van der Waals surface area contributed by atoms with Crippen LogP contribution in [0.25, 0.3) is 11.0 Å². The summed E-state index contributed by atoms with van der Waals surface area (Å²) in [6.07, 6.45) is 4.88. The van der Waals surface area contributed by atoms with E-state index in [0.29, 0.717) is 23.4 Å². The summed E-state index contributed by atoms with van der Waals surface area (Å²) < 4.78 is 0. The highest BCUT2D eigenvalue weighted by atomic mass is 16.4. The number of nitrogens with one attached hydrogen (secondary N) is 3. The average Bonchev–Trinajstić information content (AvgIpc) is 3.18. The van der Waals surface area contributed by atoms with Gasteiger partial charge in [-0.2, -0.15) is 0 Å². The van der Waals surface area contributed by atoms with Gasteiger partial charge in [-0.3, -0.25) is 19.4 Å². The Balaban J connectivity index is 1.75. The monoisotopic (exact) mass is 466 g/mol. The molecule has 1 amide bonds. The van der Waals surface area contributed by atoms with Crippen molar-refractivity contribution in [1.29, 1.82) is 0 Å². The van der Waals surface area contributed by atoms with E-state index in [4.69, 9.17) is 17.3 Å². The molecule has 2 aromatic heterocycles. The van der Waals surface area contributed by atoms with Crippen LogP contribution in [0.4, 0.5) is 11.6 Å². The Morgan fingerprint density at radius 3 is 2.53 bits per heavy atom. The Morgan fingerprint density at radius 2 is 1.91 bits per heavy atom. The third kappa shape index (κ3) is 5.71. The van der Waals surface area contributed by atoms with Gasteiger partial charge >= 0.3 is 11.9 Å². The van der Waals surface area contributed by atoms with Crippen LogP contribution in [0.2, 0.25) is 0 Å². The molecule has 2 heterocycles. The van der Waals surface area contributed by atoms with Crippen LogP contribution < -0.4 is 21.5 Å². The molecule has 3 aromatic rings. The molecular weight excluding hydrogens is 444 g/mol. The number of carboxylic acid groups (broad SMARTS) is 2. The van der Waals surface area contributed by atoms with E-state index in [-0.39, 0.29) is 36.4 Å². The molecule has 1 atom stereocenters. The molecule has 0 saturated heterocycles. The standard InChI is InChI=1S/C22H22N6O6/c1-2-9-28(11-13-10-16-18(24-13)20(32)27-22(23)26-16)14-5-3-12(4-6-14)19(31)25-15(21(33)34)7-8-17(29)30/h1,3-6,10,15,24H,7-9,11H2,(H,25,31)(H,29,30)(H,33,34)(H3,23,26,27,32)/t15-/m0/s1. The van der Waals surface area contributed by atoms with Gasteiger partial charge in [0.05, 0.1) is 18.6 Å². The van der Waals surface area contributed by atoms with Crippen LogP contribution in [0.15, 0.2) is 35.1 Å². The Bertz CT molecular complexity index is 1320. The zero-order chi connectivity index (χ0) is 24.8. The molecule has 7 N–H and O–H groups in total. The molecule has 0 aliphatic carbocycles. The summed E-state index contributed by atoms with van der Waals surface area (Å²) in [5.41, 5.74) is 7.43. The number of aliphatic carboxylic acids is 2. The molecule has 3 rings (SSSR count). The number of H-pyrrole nitrogens is 2. The molecule has 0 saturated carbocycles. The summed E-state index contributed by atoms with van der Waals surface area (Å²) in [6.45, 7) is 0.533. The number of hydrogen-bond acceptors (Lipinski definition) is 7. The van der Waals surface area contributed by atoms with Crippen molar-refractivity contribution in [3.63, 3.8) is 0 Å². The normalized spacial score (nSPS) is 11.5. The minimum absolute atomic E-state index is 0.00509. The number of carbonyl (C=O) groups excluding carboxylic acids is 1. The van der Waals surface area contributed by atoms with Crippen molar-refractivity contribution in [2.75, 3.05) is 17.2 Å². The quantitative estimate of drug-likeness (QED) is 0.231. The van der Waals surface area contributed by atoms with Crippen molar-refractivity contribution in [2.24, 2.45) is 0 Å². The molecule has 0 radical (unpaired) electrons. The maximum Gasteiger partial charge on any atom is 0.326 e. The van der Waals surface area contributed by atoms with Crippen LogP contribution in [-0.4, -0.2) is 55.6 Å². The number of carboxylic acids is 2. The number of amides is 1. The lowest BCUT2D eigenvalue weighted by Gasteiger charge is -2.22. The second-order valence-electron chi connectivity index (χ2n) is 7.41. The number of aromatic nitrogens is 3. The van der Waals surface area contributed by atoms with Gasteiger partial charge in [-0.05, 0) is 36.8 Å². The minimum Gasteiger partial charge on any atom is -0.481 e. The number of rotatable bonds is 10. The van der Waals surface area contributed by atoms with Crippen LogP contribution in [0.5, 0.6) is 0 Å². The predicted molar refractivity (Wildman–Crippen MR) is 123 cm³/mol. The van der Waals surface area contributed by atoms with E-state index in [0.717, 1.165) is 0 Å². The first-order valence-electron chi connectivity index (χ1n) is 10.1. The van der Waals surface area contributed by atoms with Gasteiger partial charge in [0, 0.05) is 23.4 Å². The molecule has 12 heteroatoms. The van der Waals surface area contributed by atoms with Gasteiger partial charge in [0.1, 0.15) is 11.6 Å². The first-order chi connectivity index (χ1) is 16.2. The Labute approximate surface area is 192 Å². The van der Waals surface area contributed by atoms with Crippen LogP contribution in [0.3, 0.4) is 0 Å². The summed E-state index contributed by atoms with van der Waals surface area (Å²) in [6, 6.07) is 6.66.